The molecule has 1 saturated heterocycles. The summed E-state index contributed by atoms with van der Waals surface area (Å²) < 4.78 is 5.23. The summed E-state index contributed by atoms with van der Waals surface area (Å²) in [5.74, 6) is -1.05. The van der Waals surface area contributed by atoms with Crippen LogP contribution in [-0.2, 0) is 9.53 Å². The first-order valence-electron chi connectivity index (χ1n) is 5.70. The van der Waals surface area contributed by atoms with E-state index in [-0.39, 0.29) is 19.0 Å². The predicted molar refractivity (Wildman–Crippen MR) is 60.6 cm³/mol. The molecule has 1 atom stereocenters. The molecule has 0 aromatic heterocycles. The molecule has 0 radical (unpaired) electrons. The van der Waals surface area contributed by atoms with Crippen LogP contribution in [-0.4, -0.2) is 60.9 Å². The number of carboxylic acid groups (broad SMARTS) is 1. The molecule has 1 aliphatic heterocycles. The van der Waals surface area contributed by atoms with Gasteiger partial charge in [0.2, 0.25) is 0 Å². The van der Waals surface area contributed by atoms with Gasteiger partial charge in [0.15, 0.2) is 0 Å². The van der Waals surface area contributed by atoms with Gasteiger partial charge in [0.05, 0.1) is 6.61 Å². The van der Waals surface area contributed by atoms with Crippen LogP contribution in [0.1, 0.15) is 12.8 Å². The molecule has 1 unspecified atom stereocenters. The molecule has 0 spiro atoms. The number of amides is 2. The zero-order chi connectivity index (χ0) is 12.7. The van der Waals surface area contributed by atoms with Gasteiger partial charge in [-0.3, -0.25) is 4.79 Å². The highest BCUT2D eigenvalue weighted by molar-refractivity contribution is 5.75. The van der Waals surface area contributed by atoms with Gasteiger partial charge < -0.3 is 25.8 Å². The summed E-state index contributed by atoms with van der Waals surface area (Å²) in [5.41, 5.74) is 5.32. The molecule has 2 amide bonds. The van der Waals surface area contributed by atoms with Gasteiger partial charge in [-0.05, 0) is 12.8 Å². The van der Waals surface area contributed by atoms with Gasteiger partial charge in [-0.25, -0.2) is 4.79 Å². The number of aliphatic carboxylic acids is 1. The average Bonchev–Trinajstić information content (AvgIpc) is 2.57. The smallest absolute Gasteiger partial charge is 0.320 e. The Morgan fingerprint density at radius 2 is 2.18 bits per heavy atom. The number of hydrogen-bond donors (Lipinski definition) is 3. The number of rotatable bonds is 4. The van der Waals surface area contributed by atoms with Crippen molar-refractivity contribution in [2.75, 3.05) is 32.8 Å². The molecular weight excluding hydrogens is 226 g/mol. The largest absolute Gasteiger partial charge is 0.480 e. The number of nitrogens with one attached hydrogen (secondary N) is 1. The quantitative estimate of drug-likeness (QED) is 0.602. The third kappa shape index (κ3) is 5.01. The second-order valence-electron chi connectivity index (χ2n) is 3.92. The highest BCUT2D eigenvalue weighted by Crippen LogP contribution is 1.99. The summed E-state index contributed by atoms with van der Waals surface area (Å²) in [6, 6.07) is -1.11. The van der Waals surface area contributed by atoms with E-state index in [1.807, 2.05) is 0 Å². The maximum Gasteiger partial charge on any atom is 0.320 e. The fraction of sp³-hybridized carbons (Fsp3) is 0.800. The lowest BCUT2D eigenvalue weighted by atomic mass is 10.2. The molecule has 0 aromatic rings. The lowest BCUT2D eigenvalue weighted by Gasteiger charge is -2.20. The minimum atomic E-state index is -1.05. The molecule has 17 heavy (non-hydrogen) atoms. The van der Waals surface area contributed by atoms with Crippen LogP contribution in [0.25, 0.3) is 0 Å². The van der Waals surface area contributed by atoms with Crippen molar-refractivity contribution in [3.05, 3.63) is 0 Å². The van der Waals surface area contributed by atoms with Crippen LogP contribution in [0.2, 0.25) is 0 Å². The van der Waals surface area contributed by atoms with E-state index in [0.29, 0.717) is 26.3 Å². The molecule has 0 aromatic carbocycles. The SMILES string of the molecule is NC(CCNC(=O)N1CCCOCC1)C(=O)O. The normalized spacial score (nSPS) is 18.3. The van der Waals surface area contributed by atoms with Crippen LogP contribution >= 0.6 is 0 Å². The fourth-order valence-electron chi connectivity index (χ4n) is 1.52. The Balaban J connectivity index is 2.21. The van der Waals surface area contributed by atoms with Crippen molar-refractivity contribution in [2.24, 2.45) is 5.73 Å². The van der Waals surface area contributed by atoms with Crippen LogP contribution in [0.4, 0.5) is 4.79 Å². The maximum absolute atomic E-state index is 11.7. The Morgan fingerprint density at radius 3 is 2.88 bits per heavy atom. The van der Waals surface area contributed by atoms with Crippen molar-refractivity contribution >= 4 is 12.0 Å². The first kappa shape index (κ1) is 13.7. The van der Waals surface area contributed by atoms with Crippen molar-refractivity contribution in [3.63, 3.8) is 0 Å². The molecule has 7 heteroatoms. The number of carbonyl (C=O) groups is 2. The van der Waals surface area contributed by atoms with Crippen LogP contribution in [0.15, 0.2) is 0 Å². The Morgan fingerprint density at radius 1 is 1.41 bits per heavy atom. The van der Waals surface area contributed by atoms with E-state index in [4.69, 9.17) is 15.6 Å². The molecular formula is C10H19N3O4. The van der Waals surface area contributed by atoms with Crippen molar-refractivity contribution in [1.29, 1.82) is 0 Å². The lowest BCUT2D eigenvalue weighted by molar-refractivity contribution is -0.138. The van der Waals surface area contributed by atoms with Crippen LogP contribution in [0.5, 0.6) is 0 Å². The van der Waals surface area contributed by atoms with Gasteiger partial charge in [0.1, 0.15) is 6.04 Å². The van der Waals surface area contributed by atoms with Crippen molar-refractivity contribution < 1.29 is 19.4 Å². The standard InChI is InChI=1S/C10H19N3O4/c11-8(9(14)15)2-3-12-10(16)13-4-1-6-17-7-5-13/h8H,1-7,11H2,(H,12,16)(H,14,15). The number of nitrogens with zero attached hydrogens (tertiary/aromatic N) is 1. The van der Waals surface area contributed by atoms with E-state index in [1.54, 1.807) is 4.90 Å². The highest BCUT2D eigenvalue weighted by Gasteiger charge is 2.16. The van der Waals surface area contributed by atoms with E-state index in [1.165, 1.54) is 0 Å². The van der Waals surface area contributed by atoms with Gasteiger partial charge in [-0.2, -0.15) is 0 Å². The average molecular weight is 245 g/mol. The minimum absolute atomic E-state index is 0.187. The Labute approximate surface area is 99.9 Å². The van der Waals surface area contributed by atoms with Gasteiger partial charge in [-0.1, -0.05) is 0 Å². The number of carbonyl (C=O) groups excluding carboxylic acids is 1. The first-order chi connectivity index (χ1) is 8.11. The molecule has 98 valence electrons. The summed E-state index contributed by atoms with van der Waals surface area (Å²) in [6.45, 7) is 2.72. The molecule has 1 aliphatic rings. The Bertz CT molecular complexity index is 264. The van der Waals surface area contributed by atoms with Gasteiger partial charge >= 0.3 is 12.0 Å². The Hall–Kier alpha value is -1.34. The zero-order valence-electron chi connectivity index (χ0n) is 9.72. The zero-order valence-corrected chi connectivity index (χ0v) is 9.72. The molecule has 1 fully saturated rings. The van der Waals surface area contributed by atoms with E-state index in [9.17, 15) is 9.59 Å². The first-order valence-corrected chi connectivity index (χ1v) is 5.70. The molecule has 1 heterocycles. The predicted octanol–water partition coefficient (Wildman–Crippen LogP) is -0.780. The second-order valence-corrected chi connectivity index (χ2v) is 3.92. The molecule has 0 aliphatic carbocycles. The summed E-state index contributed by atoms with van der Waals surface area (Å²) in [5, 5.41) is 11.2. The third-order valence-electron chi connectivity index (χ3n) is 2.56. The molecule has 1 rings (SSSR count). The number of hydrogen-bond acceptors (Lipinski definition) is 4. The van der Waals surface area contributed by atoms with E-state index in [2.05, 4.69) is 5.32 Å². The van der Waals surface area contributed by atoms with Gasteiger partial charge in [0, 0.05) is 26.2 Å². The highest BCUT2D eigenvalue weighted by atomic mass is 16.5. The number of nitrogens with two attached hydrogens (primary N) is 1. The van der Waals surface area contributed by atoms with Crippen LogP contribution < -0.4 is 11.1 Å². The number of ether oxygens (including phenoxy) is 1. The minimum Gasteiger partial charge on any atom is -0.480 e. The summed E-state index contributed by atoms with van der Waals surface area (Å²) >= 11 is 0. The second kappa shape index (κ2) is 7.08. The third-order valence-corrected chi connectivity index (χ3v) is 2.56. The van der Waals surface area contributed by atoms with Gasteiger partial charge in [-0.15, -0.1) is 0 Å². The van der Waals surface area contributed by atoms with Crippen LogP contribution in [0.3, 0.4) is 0 Å². The van der Waals surface area contributed by atoms with E-state index >= 15 is 0 Å². The summed E-state index contributed by atoms with van der Waals surface area (Å²) in [6.07, 6.45) is 1.05. The molecule has 4 N–H and O–H groups in total. The lowest BCUT2D eigenvalue weighted by Crippen LogP contribution is -2.43. The van der Waals surface area contributed by atoms with Crippen molar-refractivity contribution in [2.45, 2.75) is 18.9 Å². The van der Waals surface area contributed by atoms with Crippen molar-refractivity contribution in [3.8, 4) is 0 Å². The Kier molecular flexibility index (Phi) is 5.71. The van der Waals surface area contributed by atoms with Crippen LogP contribution in [0, 0.1) is 0 Å². The fourth-order valence-corrected chi connectivity index (χ4v) is 1.52. The molecule has 0 bridgehead atoms. The van der Waals surface area contributed by atoms with Crippen molar-refractivity contribution in [1.82, 2.24) is 10.2 Å². The number of carboxylic acids is 1. The monoisotopic (exact) mass is 245 g/mol. The maximum atomic E-state index is 11.7. The number of urea groups is 1. The summed E-state index contributed by atoms with van der Waals surface area (Å²) in [7, 11) is 0. The van der Waals surface area contributed by atoms with E-state index in [0.717, 1.165) is 6.42 Å². The molecule has 0 saturated carbocycles. The molecule has 7 nitrogen and oxygen atoms in total. The summed E-state index contributed by atoms with van der Waals surface area (Å²) in [4.78, 5) is 23.8. The topological polar surface area (TPSA) is 105 Å². The van der Waals surface area contributed by atoms with E-state index < -0.39 is 12.0 Å². The van der Waals surface area contributed by atoms with Gasteiger partial charge in [0.25, 0.3) is 0 Å².